The largest absolute Gasteiger partial charge is 0.349 e. The van der Waals surface area contributed by atoms with Gasteiger partial charge in [0.1, 0.15) is 0 Å². The molecular weight excluding hydrogens is 224 g/mol. The number of nitrogens with one attached hydrogen (secondary N) is 1. The monoisotopic (exact) mass is 248 g/mol. The molecule has 0 spiro atoms. The minimum Gasteiger partial charge on any atom is -0.349 e. The number of rotatable bonds is 6. The lowest BCUT2D eigenvalue weighted by molar-refractivity contribution is 0.0924. The van der Waals surface area contributed by atoms with Crippen molar-refractivity contribution >= 4 is 5.91 Å². The molecule has 1 atom stereocenters. The lowest BCUT2D eigenvalue weighted by Gasteiger charge is -2.20. The van der Waals surface area contributed by atoms with Crippen LogP contribution in [0.3, 0.4) is 0 Å². The van der Waals surface area contributed by atoms with Gasteiger partial charge in [-0.05, 0) is 43.0 Å². The second-order valence-electron chi connectivity index (χ2n) is 4.97. The van der Waals surface area contributed by atoms with Crippen molar-refractivity contribution < 1.29 is 4.79 Å². The summed E-state index contributed by atoms with van der Waals surface area (Å²) in [5, 5.41) is 3.08. The summed E-state index contributed by atoms with van der Waals surface area (Å²) in [6, 6.07) is 7.92. The van der Waals surface area contributed by atoms with Crippen LogP contribution in [0.15, 0.2) is 24.3 Å². The maximum atomic E-state index is 12.1. The SMILES string of the molecule is CCC(NC(=O)c1cccc(CCN)c1)C(C)C. The minimum atomic E-state index is 0.00872. The molecule has 1 rings (SSSR count). The third-order valence-electron chi connectivity index (χ3n) is 3.18. The van der Waals surface area contributed by atoms with E-state index in [9.17, 15) is 4.79 Å². The van der Waals surface area contributed by atoms with Gasteiger partial charge in [0, 0.05) is 11.6 Å². The van der Waals surface area contributed by atoms with E-state index in [0.717, 1.165) is 24.0 Å². The van der Waals surface area contributed by atoms with Gasteiger partial charge in [0.15, 0.2) is 0 Å². The van der Waals surface area contributed by atoms with Gasteiger partial charge in [-0.2, -0.15) is 0 Å². The number of benzene rings is 1. The fourth-order valence-corrected chi connectivity index (χ4v) is 2.03. The van der Waals surface area contributed by atoms with E-state index in [1.165, 1.54) is 0 Å². The topological polar surface area (TPSA) is 55.1 Å². The third kappa shape index (κ3) is 4.15. The second-order valence-corrected chi connectivity index (χ2v) is 4.97. The van der Waals surface area contributed by atoms with Crippen molar-refractivity contribution in [3.63, 3.8) is 0 Å². The number of hydrogen-bond acceptors (Lipinski definition) is 2. The van der Waals surface area contributed by atoms with Gasteiger partial charge in [0.05, 0.1) is 0 Å². The van der Waals surface area contributed by atoms with Crippen LogP contribution in [0, 0.1) is 5.92 Å². The standard InChI is InChI=1S/C15H24N2O/c1-4-14(11(2)3)17-15(18)13-7-5-6-12(10-13)8-9-16/h5-7,10-11,14H,4,8-9,16H2,1-3H3,(H,17,18). The van der Waals surface area contributed by atoms with Crippen molar-refractivity contribution in [1.29, 1.82) is 0 Å². The Morgan fingerprint density at radius 2 is 2.11 bits per heavy atom. The fourth-order valence-electron chi connectivity index (χ4n) is 2.03. The summed E-state index contributed by atoms with van der Waals surface area (Å²) in [7, 11) is 0. The molecule has 0 fully saturated rings. The molecule has 3 heteroatoms. The summed E-state index contributed by atoms with van der Waals surface area (Å²) in [5.41, 5.74) is 7.36. The Morgan fingerprint density at radius 1 is 1.39 bits per heavy atom. The van der Waals surface area contributed by atoms with Gasteiger partial charge >= 0.3 is 0 Å². The zero-order chi connectivity index (χ0) is 13.5. The summed E-state index contributed by atoms with van der Waals surface area (Å²) < 4.78 is 0. The smallest absolute Gasteiger partial charge is 0.251 e. The van der Waals surface area contributed by atoms with Gasteiger partial charge in [-0.15, -0.1) is 0 Å². The molecule has 1 unspecified atom stereocenters. The van der Waals surface area contributed by atoms with Crippen LogP contribution in [-0.2, 0) is 6.42 Å². The number of carbonyl (C=O) groups excluding carboxylic acids is 1. The minimum absolute atomic E-state index is 0.00872. The first-order valence-corrected chi connectivity index (χ1v) is 6.68. The molecule has 0 aliphatic heterocycles. The predicted molar refractivity (Wildman–Crippen MR) is 75.6 cm³/mol. The molecule has 0 saturated carbocycles. The van der Waals surface area contributed by atoms with Crippen LogP contribution in [0.1, 0.15) is 43.1 Å². The number of nitrogens with two attached hydrogens (primary N) is 1. The lowest BCUT2D eigenvalue weighted by Crippen LogP contribution is -2.38. The molecule has 0 heterocycles. The van der Waals surface area contributed by atoms with E-state index in [1.807, 2.05) is 24.3 Å². The van der Waals surface area contributed by atoms with E-state index in [0.29, 0.717) is 12.5 Å². The zero-order valence-corrected chi connectivity index (χ0v) is 11.6. The van der Waals surface area contributed by atoms with Gasteiger partial charge < -0.3 is 11.1 Å². The average Bonchev–Trinajstić information content (AvgIpc) is 2.36. The highest BCUT2D eigenvalue weighted by atomic mass is 16.1. The van der Waals surface area contributed by atoms with Crippen molar-refractivity contribution in [3.05, 3.63) is 35.4 Å². The number of amides is 1. The molecule has 0 radical (unpaired) electrons. The van der Waals surface area contributed by atoms with Gasteiger partial charge in [0.25, 0.3) is 5.91 Å². The van der Waals surface area contributed by atoms with E-state index in [2.05, 4.69) is 26.1 Å². The number of carbonyl (C=O) groups is 1. The molecular formula is C15H24N2O. The molecule has 3 N–H and O–H groups in total. The molecule has 1 aromatic carbocycles. The Balaban J connectivity index is 2.74. The summed E-state index contributed by atoms with van der Waals surface area (Å²) in [4.78, 5) is 12.1. The van der Waals surface area contributed by atoms with E-state index in [4.69, 9.17) is 5.73 Å². The highest BCUT2D eigenvalue weighted by Gasteiger charge is 2.15. The van der Waals surface area contributed by atoms with Crippen molar-refractivity contribution in [3.8, 4) is 0 Å². The van der Waals surface area contributed by atoms with Crippen molar-refractivity contribution in [2.75, 3.05) is 6.54 Å². The van der Waals surface area contributed by atoms with E-state index >= 15 is 0 Å². The van der Waals surface area contributed by atoms with E-state index in [-0.39, 0.29) is 11.9 Å². The van der Waals surface area contributed by atoms with Crippen LogP contribution in [0.2, 0.25) is 0 Å². The van der Waals surface area contributed by atoms with Crippen LogP contribution in [0.5, 0.6) is 0 Å². The van der Waals surface area contributed by atoms with Crippen LogP contribution in [-0.4, -0.2) is 18.5 Å². The van der Waals surface area contributed by atoms with Gasteiger partial charge in [-0.1, -0.05) is 32.9 Å². The molecule has 18 heavy (non-hydrogen) atoms. The molecule has 0 aromatic heterocycles. The maximum Gasteiger partial charge on any atom is 0.251 e. The summed E-state index contributed by atoms with van der Waals surface area (Å²) >= 11 is 0. The molecule has 0 bridgehead atoms. The molecule has 0 saturated heterocycles. The lowest BCUT2D eigenvalue weighted by atomic mass is 10.0. The first kappa shape index (κ1) is 14.7. The van der Waals surface area contributed by atoms with Crippen molar-refractivity contribution in [2.24, 2.45) is 11.7 Å². The maximum absolute atomic E-state index is 12.1. The zero-order valence-electron chi connectivity index (χ0n) is 11.6. The Hall–Kier alpha value is -1.35. The highest BCUT2D eigenvalue weighted by Crippen LogP contribution is 2.09. The first-order chi connectivity index (χ1) is 8.58. The molecule has 3 nitrogen and oxygen atoms in total. The van der Waals surface area contributed by atoms with Crippen molar-refractivity contribution in [2.45, 2.75) is 39.7 Å². The summed E-state index contributed by atoms with van der Waals surface area (Å²) in [6.07, 6.45) is 1.76. The Labute approximate surface area is 110 Å². The number of hydrogen-bond donors (Lipinski definition) is 2. The summed E-state index contributed by atoms with van der Waals surface area (Å²) in [5.74, 6) is 0.459. The average molecular weight is 248 g/mol. The van der Waals surface area contributed by atoms with Crippen molar-refractivity contribution in [1.82, 2.24) is 5.32 Å². The predicted octanol–water partition coefficient (Wildman–Crippen LogP) is 2.35. The molecule has 100 valence electrons. The first-order valence-electron chi connectivity index (χ1n) is 6.68. The summed E-state index contributed by atoms with van der Waals surface area (Å²) in [6.45, 7) is 6.95. The molecule has 0 aliphatic carbocycles. The van der Waals surface area contributed by atoms with Gasteiger partial charge in [-0.25, -0.2) is 0 Å². The second kappa shape index (κ2) is 7.17. The fraction of sp³-hybridized carbons (Fsp3) is 0.533. The Kier molecular flexibility index (Phi) is 5.86. The molecule has 1 aromatic rings. The highest BCUT2D eigenvalue weighted by molar-refractivity contribution is 5.94. The van der Waals surface area contributed by atoms with E-state index < -0.39 is 0 Å². The van der Waals surface area contributed by atoms with E-state index in [1.54, 1.807) is 0 Å². The Morgan fingerprint density at radius 3 is 2.67 bits per heavy atom. The Bertz CT molecular complexity index is 388. The van der Waals surface area contributed by atoms with Crippen LogP contribution < -0.4 is 11.1 Å². The van der Waals surface area contributed by atoms with Crippen LogP contribution in [0.4, 0.5) is 0 Å². The third-order valence-corrected chi connectivity index (χ3v) is 3.18. The normalized spacial score (nSPS) is 12.5. The van der Waals surface area contributed by atoms with Crippen LogP contribution in [0.25, 0.3) is 0 Å². The molecule has 1 amide bonds. The van der Waals surface area contributed by atoms with Gasteiger partial charge in [0.2, 0.25) is 0 Å². The van der Waals surface area contributed by atoms with Crippen LogP contribution >= 0.6 is 0 Å². The quantitative estimate of drug-likeness (QED) is 0.812. The van der Waals surface area contributed by atoms with Gasteiger partial charge in [-0.3, -0.25) is 4.79 Å². The molecule has 0 aliphatic rings.